The minimum Gasteiger partial charge on any atom is -0.314 e. The number of thiophene rings is 1. The van der Waals surface area contributed by atoms with Crippen molar-refractivity contribution in [1.82, 2.24) is 10.3 Å². The molecule has 0 aliphatic heterocycles. The van der Waals surface area contributed by atoms with Crippen LogP contribution < -0.4 is 5.32 Å². The van der Waals surface area contributed by atoms with E-state index < -0.39 is 0 Å². The van der Waals surface area contributed by atoms with Gasteiger partial charge >= 0.3 is 0 Å². The van der Waals surface area contributed by atoms with Gasteiger partial charge in [-0.05, 0) is 55.6 Å². The average molecular weight is 280 g/mol. The van der Waals surface area contributed by atoms with Crippen molar-refractivity contribution in [3.63, 3.8) is 0 Å². The number of hydrogen-bond acceptors (Lipinski definition) is 4. The molecule has 2 aromatic rings. The number of nitrogens with zero attached hydrogens (tertiary/aromatic N) is 1. The summed E-state index contributed by atoms with van der Waals surface area (Å²) in [5.41, 5.74) is 2.59. The second-order valence-corrected chi connectivity index (χ2v) is 6.40. The lowest BCUT2D eigenvalue weighted by Gasteiger charge is -2.12. The van der Waals surface area contributed by atoms with Gasteiger partial charge in [0, 0.05) is 23.5 Å². The number of thiazole rings is 1. The van der Waals surface area contributed by atoms with E-state index in [1.807, 2.05) is 0 Å². The number of rotatable bonds is 7. The SMILES string of the molecule is Cc1csc(CCCN[C@H](C)Cc2ccsc2)n1. The molecule has 0 saturated carbocycles. The van der Waals surface area contributed by atoms with E-state index in [2.05, 4.69) is 46.4 Å². The molecule has 0 aliphatic carbocycles. The highest BCUT2D eigenvalue weighted by molar-refractivity contribution is 7.09. The molecule has 4 heteroatoms. The van der Waals surface area contributed by atoms with E-state index in [9.17, 15) is 0 Å². The van der Waals surface area contributed by atoms with E-state index in [1.54, 1.807) is 22.7 Å². The van der Waals surface area contributed by atoms with Crippen LogP contribution in [0.25, 0.3) is 0 Å². The van der Waals surface area contributed by atoms with Gasteiger partial charge in [0.15, 0.2) is 0 Å². The second-order valence-electron chi connectivity index (χ2n) is 4.68. The second kappa shape index (κ2) is 7.02. The quantitative estimate of drug-likeness (QED) is 0.783. The zero-order valence-corrected chi connectivity index (χ0v) is 12.6. The molecule has 0 amide bonds. The van der Waals surface area contributed by atoms with E-state index in [4.69, 9.17) is 0 Å². The van der Waals surface area contributed by atoms with Gasteiger partial charge in [-0.3, -0.25) is 0 Å². The minimum atomic E-state index is 0.553. The lowest BCUT2D eigenvalue weighted by Crippen LogP contribution is -2.29. The number of aromatic nitrogens is 1. The Labute approximate surface area is 117 Å². The van der Waals surface area contributed by atoms with Gasteiger partial charge in [0.25, 0.3) is 0 Å². The van der Waals surface area contributed by atoms with Crippen molar-refractivity contribution >= 4 is 22.7 Å². The fourth-order valence-corrected chi connectivity index (χ4v) is 3.44. The summed E-state index contributed by atoms with van der Waals surface area (Å²) in [5, 5.41) is 11.3. The molecule has 2 nitrogen and oxygen atoms in total. The molecule has 1 N–H and O–H groups in total. The van der Waals surface area contributed by atoms with Gasteiger partial charge in [-0.1, -0.05) is 0 Å². The maximum absolute atomic E-state index is 4.48. The first-order valence-corrected chi connectivity index (χ1v) is 8.22. The predicted molar refractivity (Wildman–Crippen MR) is 80.7 cm³/mol. The molecular formula is C14H20N2S2. The van der Waals surface area contributed by atoms with Crippen LogP contribution in [0.2, 0.25) is 0 Å². The van der Waals surface area contributed by atoms with E-state index in [1.165, 1.54) is 17.0 Å². The topological polar surface area (TPSA) is 24.9 Å². The van der Waals surface area contributed by atoms with E-state index in [0.717, 1.165) is 25.1 Å². The summed E-state index contributed by atoms with van der Waals surface area (Å²) in [5.74, 6) is 0. The number of nitrogens with one attached hydrogen (secondary N) is 1. The molecule has 0 aromatic carbocycles. The Morgan fingerprint density at radius 3 is 2.94 bits per heavy atom. The van der Waals surface area contributed by atoms with Crippen LogP contribution in [0.4, 0.5) is 0 Å². The molecule has 0 bridgehead atoms. The largest absolute Gasteiger partial charge is 0.314 e. The van der Waals surface area contributed by atoms with Crippen LogP contribution in [-0.4, -0.2) is 17.6 Å². The van der Waals surface area contributed by atoms with Crippen molar-refractivity contribution in [2.45, 2.75) is 39.2 Å². The summed E-state index contributed by atoms with van der Waals surface area (Å²) >= 11 is 3.55. The Balaban J connectivity index is 1.60. The molecular weight excluding hydrogens is 260 g/mol. The molecule has 2 heterocycles. The van der Waals surface area contributed by atoms with Crippen molar-refractivity contribution in [1.29, 1.82) is 0 Å². The van der Waals surface area contributed by atoms with Crippen molar-refractivity contribution < 1.29 is 0 Å². The highest BCUT2D eigenvalue weighted by atomic mass is 32.1. The third kappa shape index (κ3) is 4.52. The van der Waals surface area contributed by atoms with Crippen LogP contribution in [-0.2, 0) is 12.8 Å². The summed E-state index contributed by atoms with van der Waals surface area (Å²) in [4.78, 5) is 4.48. The number of aryl methyl sites for hydroxylation is 2. The lowest BCUT2D eigenvalue weighted by atomic mass is 10.1. The Morgan fingerprint density at radius 2 is 2.28 bits per heavy atom. The third-order valence-electron chi connectivity index (χ3n) is 2.85. The summed E-state index contributed by atoms with van der Waals surface area (Å²) in [6.07, 6.45) is 3.39. The normalized spacial score (nSPS) is 12.8. The summed E-state index contributed by atoms with van der Waals surface area (Å²) in [7, 11) is 0. The van der Waals surface area contributed by atoms with Gasteiger partial charge in [0.05, 0.1) is 5.01 Å². The zero-order valence-electron chi connectivity index (χ0n) is 11.0. The summed E-state index contributed by atoms with van der Waals surface area (Å²) in [6.45, 7) is 5.39. The third-order valence-corrected chi connectivity index (χ3v) is 4.61. The minimum absolute atomic E-state index is 0.553. The molecule has 2 aromatic heterocycles. The van der Waals surface area contributed by atoms with Crippen molar-refractivity contribution in [3.05, 3.63) is 38.5 Å². The van der Waals surface area contributed by atoms with Crippen LogP contribution in [0, 0.1) is 6.92 Å². The van der Waals surface area contributed by atoms with Crippen molar-refractivity contribution in [3.8, 4) is 0 Å². The Hall–Kier alpha value is -0.710. The maximum Gasteiger partial charge on any atom is 0.0928 e. The van der Waals surface area contributed by atoms with Gasteiger partial charge in [0.1, 0.15) is 0 Å². The summed E-state index contributed by atoms with van der Waals surface area (Å²) in [6, 6.07) is 2.76. The van der Waals surface area contributed by atoms with Gasteiger partial charge in [-0.2, -0.15) is 11.3 Å². The monoisotopic (exact) mass is 280 g/mol. The van der Waals surface area contributed by atoms with Crippen molar-refractivity contribution in [2.24, 2.45) is 0 Å². The summed E-state index contributed by atoms with van der Waals surface area (Å²) < 4.78 is 0. The Morgan fingerprint density at radius 1 is 1.39 bits per heavy atom. The molecule has 0 unspecified atom stereocenters. The maximum atomic E-state index is 4.48. The molecule has 0 fully saturated rings. The first-order chi connectivity index (χ1) is 8.74. The zero-order chi connectivity index (χ0) is 12.8. The van der Waals surface area contributed by atoms with Crippen LogP contribution >= 0.6 is 22.7 Å². The van der Waals surface area contributed by atoms with Crippen LogP contribution in [0.15, 0.2) is 22.2 Å². The van der Waals surface area contributed by atoms with Gasteiger partial charge in [0.2, 0.25) is 0 Å². The molecule has 98 valence electrons. The molecule has 0 saturated heterocycles. The molecule has 0 aliphatic rings. The molecule has 1 atom stereocenters. The number of hydrogen-bond donors (Lipinski definition) is 1. The fourth-order valence-electron chi connectivity index (χ4n) is 1.94. The van der Waals surface area contributed by atoms with Crippen LogP contribution in [0.5, 0.6) is 0 Å². The van der Waals surface area contributed by atoms with E-state index >= 15 is 0 Å². The molecule has 2 rings (SSSR count). The first kappa shape index (κ1) is 13.7. The highest BCUT2D eigenvalue weighted by Crippen LogP contribution is 2.11. The average Bonchev–Trinajstić information content (AvgIpc) is 2.96. The fraction of sp³-hybridized carbons (Fsp3) is 0.500. The van der Waals surface area contributed by atoms with E-state index in [0.29, 0.717) is 6.04 Å². The van der Waals surface area contributed by atoms with E-state index in [-0.39, 0.29) is 0 Å². The predicted octanol–water partition coefficient (Wildman–Crippen LogP) is 3.67. The highest BCUT2D eigenvalue weighted by Gasteiger charge is 2.03. The van der Waals surface area contributed by atoms with Gasteiger partial charge in [-0.15, -0.1) is 11.3 Å². The standard InChI is InChI=1S/C14H20N2S2/c1-11(8-13-5-7-17-10-13)15-6-3-4-14-16-12(2)9-18-14/h5,7,9-11,15H,3-4,6,8H2,1-2H3/t11-/m1/s1. The first-order valence-electron chi connectivity index (χ1n) is 6.39. The molecule has 18 heavy (non-hydrogen) atoms. The van der Waals surface area contributed by atoms with Gasteiger partial charge < -0.3 is 5.32 Å². The lowest BCUT2D eigenvalue weighted by molar-refractivity contribution is 0.534. The molecule has 0 spiro atoms. The van der Waals surface area contributed by atoms with Crippen molar-refractivity contribution in [2.75, 3.05) is 6.54 Å². The van der Waals surface area contributed by atoms with Crippen LogP contribution in [0.3, 0.4) is 0 Å². The van der Waals surface area contributed by atoms with Gasteiger partial charge in [-0.25, -0.2) is 4.98 Å². The van der Waals surface area contributed by atoms with Crippen LogP contribution in [0.1, 0.15) is 29.6 Å². The molecule has 0 radical (unpaired) electrons. The Kier molecular flexibility index (Phi) is 5.35. The smallest absolute Gasteiger partial charge is 0.0928 e. The Bertz CT molecular complexity index is 448.